The number of ether oxygens (including phenoxy) is 1. The van der Waals surface area contributed by atoms with E-state index in [0.29, 0.717) is 18.6 Å². The number of nitrogens with one attached hydrogen (secondary N) is 1. The molecule has 0 spiro atoms. The monoisotopic (exact) mass is 440 g/mol. The number of esters is 1. The summed E-state index contributed by atoms with van der Waals surface area (Å²) in [5.41, 5.74) is -1.15. The molecule has 1 aromatic carbocycles. The minimum Gasteiger partial charge on any atom is -0.846 e. The number of amides is 2. The summed E-state index contributed by atoms with van der Waals surface area (Å²) < 4.78 is 5.12. The second kappa shape index (κ2) is 15.2. The van der Waals surface area contributed by atoms with Crippen molar-refractivity contribution in [2.45, 2.75) is 72.6 Å². The maximum absolute atomic E-state index is 11.9. The number of hydrogen-bond donors (Lipinski definition) is 1. The number of nitrogens with zero attached hydrogens (tertiary/aromatic N) is 1. The maximum Gasteiger partial charge on any atom is 1.00 e. The molecule has 2 unspecified atom stereocenters. The summed E-state index contributed by atoms with van der Waals surface area (Å²) in [6, 6.07) is 8.34. The van der Waals surface area contributed by atoms with Crippen LogP contribution in [0.2, 0.25) is 0 Å². The molecule has 2 atom stereocenters. The predicted octanol–water partition coefficient (Wildman–Crippen LogP) is 0.368. The first kappa shape index (κ1) is 29.3. The van der Waals surface area contributed by atoms with Gasteiger partial charge in [0.1, 0.15) is 11.2 Å². The summed E-state index contributed by atoms with van der Waals surface area (Å²) in [7, 11) is 0. The number of unbranched alkanes of at least 4 members (excludes halogenated alkanes) is 2. The summed E-state index contributed by atoms with van der Waals surface area (Å²) in [6.07, 6.45) is 5.66. The van der Waals surface area contributed by atoms with Crippen molar-refractivity contribution in [1.29, 1.82) is 0 Å². The van der Waals surface area contributed by atoms with E-state index in [9.17, 15) is 19.5 Å². The van der Waals surface area contributed by atoms with Crippen molar-refractivity contribution in [2.24, 2.45) is 16.3 Å². The summed E-state index contributed by atoms with van der Waals surface area (Å²) in [5.74, 6) is -0.698. The maximum atomic E-state index is 11.9. The molecule has 31 heavy (non-hydrogen) atoms. The molecule has 166 valence electrons. The van der Waals surface area contributed by atoms with Crippen molar-refractivity contribution in [2.75, 3.05) is 0 Å². The van der Waals surface area contributed by atoms with Gasteiger partial charge in [0.05, 0.1) is 6.02 Å². The van der Waals surface area contributed by atoms with Crippen molar-refractivity contribution in [3.8, 4) is 5.75 Å². The molecule has 0 aliphatic carbocycles. The summed E-state index contributed by atoms with van der Waals surface area (Å²) in [4.78, 5) is 38.3. The molecule has 1 aliphatic rings. The molecule has 0 aromatic heterocycles. The Morgan fingerprint density at radius 3 is 2.29 bits per heavy atom. The molecule has 0 fully saturated rings. The van der Waals surface area contributed by atoms with Gasteiger partial charge in [-0.15, -0.1) is 0 Å². The van der Waals surface area contributed by atoms with E-state index >= 15 is 0 Å². The third-order valence-electron chi connectivity index (χ3n) is 5.29. The van der Waals surface area contributed by atoms with E-state index in [-0.39, 0.29) is 41.4 Å². The van der Waals surface area contributed by atoms with Gasteiger partial charge >= 0.3 is 35.5 Å². The molecule has 0 bridgehead atoms. The van der Waals surface area contributed by atoms with E-state index in [1.165, 1.54) is 0 Å². The zero-order valence-corrected chi connectivity index (χ0v) is 21.4. The van der Waals surface area contributed by atoms with Gasteiger partial charge in [0, 0.05) is 6.42 Å². The number of hydrogen-bond acceptors (Lipinski definition) is 5. The second-order valence-corrected chi connectivity index (χ2v) is 7.44. The first-order valence-corrected chi connectivity index (χ1v) is 10.7. The van der Waals surface area contributed by atoms with Gasteiger partial charge in [-0.05, 0) is 37.3 Å². The molecule has 7 nitrogen and oxygen atoms in total. The molecule has 0 radical (unpaired) electrons. The van der Waals surface area contributed by atoms with E-state index in [1.807, 2.05) is 32.0 Å². The molecule has 2 amide bonds. The van der Waals surface area contributed by atoms with Crippen LogP contribution in [0.25, 0.3) is 0 Å². The Labute approximate surface area is 207 Å². The quantitative estimate of drug-likeness (QED) is 0.196. The van der Waals surface area contributed by atoms with Crippen LogP contribution < -0.4 is 44.7 Å². The van der Waals surface area contributed by atoms with Gasteiger partial charge in [-0.1, -0.05) is 65.2 Å². The minimum absolute atomic E-state index is 0. The van der Waals surface area contributed by atoms with Crippen LogP contribution in [-0.4, -0.2) is 23.8 Å². The Morgan fingerprint density at radius 1 is 1.13 bits per heavy atom. The van der Waals surface area contributed by atoms with Gasteiger partial charge in [-0.2, -0.15) is 0 Å². The Morgan fingerprint density at radius 2 is 1.77 bits per heavy atom. The molecule has 0 saturated heterocycles. The normalized spacial score (nSPS) is 18.5. The Kier molecular flexibility index (Phi) is 14.3. The first-order chi connectivity index (χ1) is 14.3. The Balaban J connectivity index is 0.000000567. The minimum atomic E-state index is -1.15. The van der Waals surface area contributed by atoms with Crippen LogP contribution in [0.15, 0.2) is 35.3 Å². The third-order valence-corrected chi connectivity index (χ3v) is 5.29. The van der Waals surface area contributed by atoms with Gasteiger partial charge in [0.25, 0.3) is 5.91 Å². The fourth-order valence-electron chi connectivity index (χ4n) is 3.49. The predicted molar refractivity (Wildman–Crippen MR) is 114 cm³/mol. The second-order valence-electron chi connectivity index (χ2n) is 7.44. The first-order valence-electron chi connectivity index (χ1n) is 10.7. The molecular weight excluding hydrogens is 407 g/mol. The number of carbonyl (C=O) groups excluding carboxylic acids is 3. The molecule has 1 N–H and O–H groups in total. The van der Waals surface area contributed by atoms with E-state index < -0.39 is 23.3 Å². The number of para-hydroxylation sites is 1. The van der Waals surface area contributed by atoms with Gasteiger partial charge in [0.2, 0.25) is 5.91 Å². The van der Waals surface area contributed by atoms with Crippen molar-refractivity contribution < 1.29 is 53.8 Å². The van der Waals surface area contributed by atoms with Crippen LogP contribution in [0.5, 0.6) is 5.75 Å². The van der Waals surface area contributed by atoms with Gasteiger partial charge in [0.15, 0.2) is 0 Å². The number of aliphatic imine (C=N–C) groups is 1. The van der Waals surface area contributed by atoms with Crippen molar-refractivity contribution >= 4 is 23.8 Å². The summed E-state index contributed by atoms with van der Waals surface area (Å²) in [6.45, 7) is 7.74. The zero-order valence-electron chi connectivity index (χ0n) is 19.4. The number of benzene rings is 1. The third kappa shape index (κ3) is 8.75. The van der Waals surface area contributed by atoms with Crippen molar-refractivity contribution in [1.82, 2.24) is 5.32 Å². The van der Waals surface area contributed by atoms with E-state index in [4.69, 9.17) is 4.74 Å². The molecule has 8 heteroatoms. The van der Waals surface area contributed by atoms with E-state index in [2.05, 4.69) is 17.2 Å². The van der Waals surface area contributed by atoms with Crippen LogP contribution in [0.1, 0.15) is 72.6 Å². The molecule has 2 rings (SSSR count). The van der Waals surface area contributed by atoms with Gasteiger partial charge < -0.3 is 15.2 Å². The van der Waals surface area contributed by atoms with Crippen LogP contribution >= 0.6 is 0 Å². The van der Waals surface area contributed by atoms with Crippen molar-refractivity contribution in [3.05, 3.63) is 30.3 Å². The Hall–Kier alpha value is -1.70. The van der Waals surface area contributed by atoms with Crippen molar-refractivity contribution in [3.63, 3.8) is 0 Å². The van der Waals surface area contributed by atoms with Crippen LogP contribution in [-0.2, 0) is 14.4 Å². The summed E-state index contributed by atoms with van der Waals surface area (Å²) in [5, 5.41) is 13.1. The topological polar surface area (TPSA) is 108 Å². The smallest absolute Gasteiger partial charge is 0.846 e. The average molecular weight is 441 g/mol. The molecule has 1 aromatic rings. The molecule has 0 saturated carbocycles. The molecular formula is C23H33N2NaO5. The number of rotatable bonds is 9. The summed E-state index contributed by atoms with van der Waals surface area (Å²) >= 11 is 0. The largest absolute Gasteiger partial charge is 1.00 e. The SMILES string of the molecule is CCCC(C)C1(CC)C(=O)N=C([O-])NC1=O.CCCCCC(=O)Oc1ccccc1.[Na+]. The van der Waals surface area contributed by atoms with Crippen LogP contribution in [0, 0.1) is 11.3 Å². The zero-order chi connectivity index (χ0) is 22.6. The average Bonchev–Trinajstić information content (AvgIpc) is 2.70. The number of amidine groups is 1. The van der Waals surface area contributed by atoms with Gasteiger partial charge in [-0.25, -0.2) is 4.99 Å². The van der Waals surface area contributed by atoms with E-state index in [0.717, 1.165) is 32.1 Å². The van der Waals surface area contributed by atoms with Gasteiger partial charge in [-0.3, -0.25) is 14.4 Å². The van der Waals surface area contributed by atoms with Crippen LogP contribution in [0.4, 0.5) is 0 Å². The van der Waals surface area contributed by atoms with Crippen LogP contribution in [0.3, 0.4) is 0 Å². The number of carbonyl (C=O) groups is 3. The molecule has 1 heterocycles. The fourth-order valence-corrected chi connectivity index (χ4v) is 3.49. The fraction of sp³-hybridized carbons (Fsp3) is 0.565. The Bertz CT molecular complexity index is 739. The standard InChI is InChI=1S/C12H16O2.C11H18N2O3.Na/c1-2-3-5-10-12(13)14-11-8-6-4-7-9-11;1-4-6-7(3)11(5-2)8(14)12-10(16)13-9(11)15;/h4,6-9H,2-3,5,10H2,1H3;7H,4-6H2,1-3H3,(H2,12,13,14,15,16);/q;;+1/p-1. The van der Waals surface area contributed by atoms with E-state index in [1.54, 1.807) is 19.1 Å². The molecule has 1 aliphatic heterocycles.